The van der Waals surface area contributed by atoms with Crippen LogP contribution in [-0.2, 0) is 7.05 Å². The van der Waals surface area contributed by atoms with E-state index in [4.69, 9.17) is 0 Å². The third-order valence-corrected chi connectivity index (χ3v) is 3.97. The van der Waals surface area contributed by atoms with Gasteiger partial charge in [0.25, 0.3) is 0 Å². The van der Waals surface area contributed by atoms with Crippen molar-refractivity contribution in [2.45, 2.75) is 45.2 Å². The van der Waals surface area contributed by atoms with Crippen molar-refractivity contribution in [1.82, 2.24) is 15.1 Å². The Hall–Kier alpha value is -1.03. The molecule has 1 aliphatic rings. The number of hydrogen-bond donors (Lipinski definition) is 1. The van der Waals surface area contributed by atoms with E-state index >= 15 is 0 Å². The Balaban J connectivity index is 2.21. The van der Waals surface area contributed by atoms with E-state index in [0.717, 1.165) is 31.7 Å². The smallest absolute Gasteiger partial charge is 0.150 e. The molecule has 0 bridgehead atoms. The van der Waals surface area contributed by atoms with Gasteiger partial charge in [-0.2, -0.15) is 5.10 Å². The fraction of sp³-hybridized carbons (Fsp3) is 0.769. The molecule has 0 radical (unpaired) electrons. The summed E-state index contributed by atoms with van der Waals surface area (Å²) in [6.45, 7) is 8.89. The highest BCUT2D eigenvalue weighted by Gasteiger charge is 2.34. The number of anilines is 1. The van der Waals surface area contributed by atoms with Crippen LogP contribution in [0.1, 0.15) is 33.6 Å². The van der Waals surface area contributed by atoms with Gasteiger partial charge in [-0.1, -0.05) is 13.8 Å². The monoisotopic (exact) mass is 236 g/mol. The van der Waals surface area contributed by atoms with E-state index in [1.54, 1.807) is 0 Å². The van der Waals surface area contributed by atoms with Crippen LogP contribution in [0, 0.1) is 0 Å². The molecule has 1 aliphatic heterocycles. The predicted octanol–water partition coefficient (Wildman–Crippen LogP) is 1.78. The third kappa shape index (κ3) is 2.46. The van der Waals surface area contributed by atoms with Crippen molar-refractivity contribution in [2.24, 2.45) is 7.05 Å². The molecule has 1 aromatic heterocycles. The van der Waals surface area contributed by atoms with Gasteiger partial charge in [-0.15, -0.1) is 0 Å². The Morgan fingerprint density at radius 3 is 2.82 bits per heavy atom. The molecule has 4 heteroatoms. The van der Waals surface area contributed by atoms with E-state index < -0.39 is 0 Å². The average Bonchev–Trinajstić information content (AvgIpc) is 2.76. The second kappa shape index (κ2) is 4.69. The quantitative estimate of drug-likeness (QED) is 0.868. The van der Waals surface area contributed by atoms with Gasteiger partial charge in [-0.05, 0) is 19.8 Å². The molecule has 2 rings (SSSR count). The van der Waals surface area contributed by atoms with Gasteiger partial charge < -0.3 is 10.2 Å². The zero-order valence-electron chi connectivity index (χ0n) is 11.4. The zero-order chi connectivity index (χ0) is 12.5. The highest BCUT2D eigenvalue weighted by atomic mass is 15.4. The first-order valence-corrected chi connectivity index (χ1v) is 6.59. The van der Waals surface area contributed by atoms with Crippen LogP contribution in [0.2, 0.25) is 0 Å². The molecule has 96 valence electrons. The van der Waals surface area contributed by atoms with Crippen molar-refractivity contribution in [2.75, 3.05) is 18.0 Å². The molecular formula is C13H24N4. The molecule has 4 nitrogen and oxygen atoms in total. The molecule has 1 saturated heterocycles. The summed E-state index contributed by atoms with van der Waals surface area (Å²) in [6, 6.07) is 2.67. The predicted molar refractivity (Wildman–Crippen MR) is 71.3 cm³/mol. The highest BCUT2D eigenvalue weighted by Crippen LogP contribution is 2.24. The minimum absolute atomic E-state index is 0.211. The maximum atomic E-state index is 4.55. The van der Waals surface area contributed by atoms with Crippen LogP contribution in [0.5, 0.6) is 0 Å². The van der Waals surface area contributed by atoms with E-state index in [9.17, 15) is 0 Å². The van der Waals surface area contributed by atoms with E-state index in [1.165, 1.54) is 0 Å². The van der Waals surface area contributed by atoms with Crippen LogP contribution in [0.25, 0.3) is 0 Å². The number of hydrogen-bond acceptors (Lipinski definition) is 3. The van der Waals surface area contributed by atoms with Gasteiger partial charge in [0.2, 0.25) is 0 Å². The second-order valence-corrected chi connectivity index (χ2v) is 5.33. The van der Waals surface area contributed by atoms with E-state index in [0.29, 0.717) is 6.04 Å². The maximum absolute atomic E-state index is 4.55. The van der Waals surface area contributed by atoms with Crippen molar-refractivity contribution >= 4 is 5.82 Å². The lowest BCUT2D eigenvalue weighted by Gasteiger charge is -2.46. The van der Waals surface area contributed by atoms with Crippen LogP contribution in [0.15, 0.2) is 12.3 Å². The summed E-state index contributed by atoms with van der Waals surface area (Å²) in [5.41, 5.74) is 0.211. The standard InChI is InChI=1S/C13H24N4/c1-5-11-9-14-13(3,6-2)10-17(11)12-7-8-16(4)15-12/h7-8,11,14H,5-6,9-10H2,1-4H3. The Morgan fingerprint density at radius 1 is 1.53 bits per heavy atom. The largest absolute Gasteiger partial charge is 0.349 e. The minimum Gasteiger partial charge on any atom is -0.349 e. The molecule has 0 aromatic carbocycles. The molecule has 2 heterocycles. The second-order valence-electron chi connectivity index (χ2n) is 5.33. The van der Waals surface area contributed by atoms with Gasteiger partial charge in [0.05, 0.1) is 0 Å². The molecule has 1 fully saturated rings. The molecule has 0 aliphatic carbocycles. The number of nitrogens with one attached hydrogen (secondary N) is 1. The van der Waals surface area contributed by atoms with Crippen molar-refractivity contribution in [3.63, 3.8) is 0 Å². The molecule has 0 amide bonds. The van der Waals surface area contributed by atoms with Crippen LogP contribution in [0.4, 0.5) is 5.82 Å². The lowest BCUT2D eigenvalue weighted by atomic mass is 9.93. The summed E-state index contributed by atoms with van der Waals surface area (Å²) in [5, 5.41) is 8.22. The first-order chi connectivity index (χ1) is 8.08. The third-order valence-electron chi connectivity index (χ3n) is 3.97. The molecule has 2 unspecified atom stereocenters. The summed E-state index contributed by atoms with van der Waals surface area (Å²) in [5.74, 6) is 1.11. The molecular weight excluding hydrogens is 212 g/mol. The Bertz CT molecular complexity index is 373. The number of aryl methyl sites for hydroxylation is 1. The first kappa shape index (κ1) is 12.4. The van der Waals surface area contributed by atoms with Crippen LogP contribution < -0.4 is 10.2 Å². The van der Waals surface area contributed by atoms with Crippen LogP contribution >= 0.6 is 0 Å². The van der Waals surface area contributed by atoms with Gasteiger partial charge in [0.15, 0.2) is 5.82 Å². The fourth-order valence-electron chi connectivity index (χ4n) is 2.46. The first-order valence-electron chi connectivity index (χ1n) is 6.59. The normalized spacial score (nSPS) is 29.6. The zero-order valence-corrected chi connectivity index (χ0v) is 11.4. The molecule has 0 spiro atoms. The number of rotatable bonds is 3. The lowest BCUT2D eigenvalue weighted by Crippen LogP contribution is -2.62. The average molecular weight is 236 g/mol. The summed E-state index contributed by atoms with van der Waals surface area (Å²) in [4.78, 5) is 2.46. The molecule has 2 atom stereocenters. The summed E-state index contributed by atoms with van der Waals surface area (Å²) in [6.07, 6.45) is 4.32. The Morgan fingerprint density at radius 2 is 2.29 bits per heavy atom. The Kier molecular flexibility index (Phi) is 3.43. The van der Waals surface area contributed by atoms with E-state index in [1.807, 2.05) is 17.9 Å². The van der Waals surface area contributed by atoms with Crippen LogP contribution in [-0.4, -0.2) is 34.5 Å². The van der Waals surface area contributed by atoms with Gasteiger partial charge in [-0.3, -0.25) is 4.68 Å². The number of aromatic nitrogens is 2. The molecule has 1 N–H and O–H groups in total. The SMILES string of the molecule is CCC1CNC(C)(CC)CN1c1ccn(C)n1. The maximum Gasteiger partial charge on any atom is 0.150 e. The van der Waals surface area contributed by atoms with Gasteiger partial charge in [0, 0.05) is 44.0 Å². The van der Waals surface area contributed by atoms with Gasteiger partial charge in [0.1, 0.15) is 0 Å². The summed E-state index contributed by atoms with van der Waals surface area (Å²) in [7, 11) is 1.98. The minimum atomic E-state index is 0.211. The summed E-state index contributed by atoms with van der Waals surface area (Å²) < 4.78 is 1.88. The van der Waals surface area contributed by atoms with Crippen molar-refractivity contribution < 1.29 is 0 Å². The lowest BCUT2D eigenvalue weighted by molar-refractivity contribution is 0.274. The topological polar surface area (TPSA) is 33.1 Å². The molecule has 17 heavy (non-hydrogen) atoms. The molecule has 0 saturated carbocycles. The fourth-order valence-corrected chi connectivity index (χ4v) is 2.46. The van der Waals surface area contributed by atoms with Crippen molar-refractivity contribution in [3.8, 4) is 0 Å². The number of nitrogens with zero attached hydrogens (tertiary/aromatic N) is 3. The van der Waals surface area contributed by atoms with Crippen molar-refractivity contribution in [3.05, 3.63) is 12.3 Å². The van der Waals surface area contributed by atoms with Crippen molar-refractivity contribution in [1.29, 1.82) is 0 Å². The Labute approximate surface area is 104 Å². The van der Waals surface area contributed by atoms with E-state index in [-0.39, 0.29) is 5.54 Å². The van der Waals surface area contributed by atoms with E-state index in [2.05, 4.69) is 42.2 Å². The number of piperazine rings is 1. The highest BCUT2D eigenvalue weighted by molar-refractivity contribution is 5.40. The van der Waals surface area contributed by atoms with Gasteiger partial charge >= 0.3 is 0 Å². The molecule has 1 aromatic rings. The van der Waals surface area contributed by atoms with Gasteiger partial charge in [-0.25, -0.2) is 0 Å². The summed E-state index contributed by atoms with van der Waals surface area (Å²) >= 11 is 0. The van der Waals surface area contributed by atoms with Crippen LogP contribution in [0.3, 0.4) is 0 Å².